The van der Waals surface area contributed by atoms with Crippen LogP contribution in [0, 0.1) is 0 Å². The van der Waals surface area contributed by atoms with E-state index in [4.69, 9.17) is 4.74 Å². The van der Waals surface area contributed by atoms with Crippen LogP contribution in [0.25, 0.3) is 0 Å². The van der Waals surface area contributed by atoms with Gasteiger partial charge in [0.25, 0.3) is 0 Å². The van der Waals surface area contributed by atoms with Crippen LogP contribution in [0.15, 0.2) is 24.3 Å². The van der Waals surface area contributed by atoms with Gasteiger partial charge in [-0.1, -0.05) is 24.3 Å². The third kappa shape index (κ3) is 8.66. The van der Waals surface area contributed by atoms with Crippen LogP contribution in [0.3, 0.4) is 0 Å². The Balaban J connectivity index is 2.50. The van der Waals surface area contributed by atoms with Gasteiger partial charge in [-0.3, -0.25) is 14.4 Å². The van der Waals surface area contributed by atoms with Gasteiger partial charge in [-0.15, -0.1) is 0 Å². The van der Waals surface area contributed by atoms with Crippen LogP contribution in [0.2, 0.25) is 0 Å². The van der Waals surface area contributed by atoms with Gasteiger partial charge in [0.15, 0.2) is 5.78 Å². The number of benzene rings is 1. The van der Waals surface area contributed by atoms with E-state index in [0.717, 1.165) is 5.56 Å². The van der Waals surface area contributed by atoms with Gasteiger partial charge in [0, 0.05) is 25.6 Å². The number of likely N-dealkylation sites (N-methyl/N-ethyl adjacent to an activating group) is 1. The number of carbonyl (C=O) groups is 4. The van der Waals surface area contributed by atoms with E-state index in [2.05, 4.69) is 10.1 Å². The highest BCUT2D eigenvalue weighted by Crippen LogP contribution is 2.11. The number of hydrogen-bond acceptors (Lipinski definition) is 6. The van der Waals surface area contributed by atoms with Gasteiger partial charge in [0.1, 0.15) is 12.1 Å². The standard InChI is InChI=1S/C20H28N2O6/c1-20(2,3)28-19(26)21-12-17(24)22(4)13-14-6-8-15(9-7-14)16(23)10-11-18(25)27-5/h6-9H,10-13H2,1-5H3,(H,21,26). The summed E-state index contributed by atoms with van der Waals surface area (Å²) in [6, 6.07) is 6.81. The van der Waals surface area contributed by atoms with E-state index in [1.54, 1.807) is 52.1 Å². The van der Waals surface area contributed by atoms with Crippen LogP contribution in [0.4, 0.5) is 4.79 Å². The summed E-state index contributed by atoms with van der Waals surface area (Å²) in [5, 5.41) is 2.42. The van der Waals surface area contributed by atoms with Crippen LogP contribution in [-0.2, 0) is 25.6 Å². The molecule has 2 amide bonds. The zero-order chi connectivity index (χ0) is 21.3. The molecule has 28 heavy (non-hydrogen) atoms. The Kier molecular flexibility index (Phi) is 8.63. The monoisotopic (exact) mass is 392 g/mol. The maximum atomic E-state index is 12.1. The number of esters is 1. The number of methoxy groups -OCH3 is 1. The van der Waals surface area contributed by atoms with Crippen molar-refractivity contribution in [2.45, 2.75) is 45.8 Å². The van der Waals surface area contributed by atoms with Crippen molar-refractivity contribution in [3.63, 3.8) is 0 Å². The highest BCUT2D eigenvalue weighted by molar-refractivity contribution is 5.97. The Hall–Kier alpha value is -2.90. The van der Waals surface area contributed by atoms with Crippen molar-refractivity contribution in [3.05, 3.63) is 35.4 Å². The fourth-order valence-corrected chi connectivity index (χ4v) is 2.22. The molecule has 154 valence electrons. The number of nitrogens with one attached hydrogen (secondary N) is 1. The normalized spacial score (nSPS) is 10.8. The number of ether oxygens (including phenoxy) is 2. The van der Waals surface area contributed by atoms with Crippen molar-refractivity contribution in [2.24, 2.45) is 0 Å². The van der Waals surface area contributed by atoms with Crippen molar-refractivity contribution < 1.29 is 28.7 Å². The van der Waals surface area contributed by atoms with Crippen molar-refractivity contribution >= 4 is 23.8 Å². The van der Waals surface area contributed by atoms with E-state index in [9.17, 15) is 19.2 Å². The summed E-state index contributed by atoms with van der Waals surface area (Å²) in [7, 11) is 2.90. The van der Waals surface area contributed by atoms with Gasteiger partial charge < -0.3 is 19.7 Å². The summed E-state index contributed by atoms with van der Waals surface area (Å²) >= 11 is 0. The number of amides is 2. The van der Waals surface area contributed by atoms with Crippen LogP contribution in [0.5, 0.6) is 0 Å². The number of carbonyl (C=O) groups excluding carboxylic acids is 4. The second-order valence-electron chi connectivity index (χ2n) is 7.30. The molecule has 1 aromatic carbocycles. The molecule has 0 aliphatic carbocycles. The Morgan fingerprint density at radius 2 is 1.64 bits per heavy atom. The molecule has 0 atom stereocenters. The van der Waals surface area contributed by atoms with Crippen LogP contribution >= 0.6 is 0 Å². The van der Waals surface area contributed by atoms with E-state index < -0.39 is 17.7 Å². The molecule has 1 N–H and O–H groups in total. The van der Waals surface area contributed by atoms with Crippen LogP contribution in [0.1, 0.15) is 49.5 Å². The third-order valence-electron chi connectivity index (χ3n) is 3.69. The Bertz CT molecular complexity index is 706. The first-order valence-corrected chi connectivity index (χ1v) is 8.91. The minimum atomic E-state index is -0.649. The lowest BCUT2D eigenvalue weighted by Crippen LogP contribution is -2.40. The first kappa shape index (κ1) is 23.1. The molecule has 0 saturated carbocycles. The van der Waals surface area contributed by atoms with E-state index >= 15 is 0 Å². The molecule has 0 unspecified atom stereocenters. The van der Waals surface area contributed by atoms with Gasteiger partial charge in [0.05, 0.1) is 13.5 Å². The zero-order valence-electron chi connectivity index (χ0n) is 17.0. The number of alkyl carbamates (subject to hydrolysis) is 1. The minimum Gasteiger partial charge on any atom is -0.469 e. The molecule has 8 heteroatoms. The molecule has 1 rings (SSSR count). The molecule has 0 aliphatic rings. The lowest BCUT2D eigenvalue weighted by atomic mass is 10.0. The fourth-order valence-electron chi connectivity index (χ4n) is 2.22. The average Bonchev–Trinajstić information content (AvgIpc) is 2.62. The molecule has 0 fully saturated rings. The smallest absolute Gasteiger partial charge is 0.408 e. The summed E-state index contributed by atoms with van der Waals surface area (Å²) in [6.45, 7) is 5.38. The predicted octanol–water partition coefficient (Wildman–Crippen LogP) is 2.31. The maximum Gasteiger partial charge on any atom is 0.408 e. The second-order valence-corrected chi connectivity index (χ2v) is 7.30. The molecule has 0 aromatic heterocycles. The summed E-state index contributed by atoms with van der Waals surface area (Å²) < 4.78 is 9.60. The molecule has 0 radical (unpaired) electrons. The number of Topliss-reactive ketones (excluding diaryl/α,β-unsaturated/α-hetero) is 1. The number of ketones is 1. The minimum absolute atomic E-state index is 0.0406. The van der Waals surface area contributed by atoms with Gasteiger partial charge >= 0.3 is 12.1 Å². The van der Waals surface area contributed by atoms with E-state index in [1.807, 2.05) is 0 Å². The summed E-state index contributed by atoms with van der Waals surface area (Å²) in [5.41, 5.74) is 0.695. The van der Waals surface area contributed by atoms with Crippen LogP contribution in [-0.4, -0.2) is 55.0 Å². The molecule has 0 aliphatic heterocycles. The van der Waals surface area contributed by atoms with Gasteiger partial charge in [0.2, 0.25) is 5.91 Å². The number of hydrogen-bond donors (Lipinski definition) is 1. The first-order valence-electron chi connectivity index (χ1n) is 8.91. The van der Waals surface area contributed by atoms with Crippen LogP contribution < -0.4 is 5.32 Å². The summed E-state index contributed by atoms with van der Waals surface area (Å²) in [5.74, 6) is -0.850. The molecule has 0 spiro atoms. The van der Waals surface area contributed by atoms with Gasteiger partial charge in [-0.05, 0) is 26.3 Å². The molecule has 0 bridgehead atoms. The largest absolute Gasteiger partial charge is 0.469 e. The fraction of sp³-hybridized carbons (Fsp3) is 0.500. The third-order valence-corrected chi connectivity index (χ3v) is 3.69. The first-order chi connectivity index (χ1) is 13.0. The lowest BCUT2D eigenvalue weighted by molar-refractivity contribution is -0.140. The Morgan fingerprint density at radius 1 is 1.04 bits per heavy atom. The highest BCUT2D eigenvalue weighted by atomic mass is 16.6. The molecule has 0 saturated heterocycles. The lowest BCUT2D eigenvalue weighted by Gasteiger charge is -2.21. The van der Waals surface area contributed by atoms with Crippen molar-refractivity contribution in [1.82, 2.24) is 10.2 Å². The predicted molar refractivity (Wildman–Crippen MR) is 103 cm³/mol. The molecular weight excluding hydrogens is 364 g/mol. The highest BCUT2D eigenvalue weighted by Gasteiger charge is 2.18. The topological polar surface area (TPSA) is 102 Å². The molecule has 0 heterocycles. The number of nitrogens with zero attached hydrogens (tertiary/aromatic N) is 1. The average molecular weight is 392 g/mol. The molecule has 1 aromatic rings. The van der Waals surface area contributed by atoms with E-state index in [1.165, 1.54) is 12.0 Å². The van der Waals surface area contributed by atoms with Crippen molar-refractivity contribution in [2.75, 3.05) is 20.7 Å². The second kappa shape index (κ2) is 10.4. The van der Waals surface area contributed by atoms with Gasteiger partial charge in [-0.25, -0.2) is 4.79 Å². The quantitative estimate of drug-likeness (QED) is 0.538. The molecule has 8 nitrogen and oxygen atoms in total. The van der Waals surface area contributed by atoms with Crippen molar-refractivity contribution in [1.29, 1.82) is 0 Å². The molecular formula is C20H28N2O6. The van der Waals surface area contributed by atoms with Crippen molar-refractivity contribution in [3.8, 4) is 0 Å². The maximum absolute atomic E-state index is 12.1. The number of rotatable bonds is 8. The summed E-state index contributed by atoms with van der Waals surface area (Å²) in [4.78, 5) is 48.3. The summed E-state index contributed by atoms with van der Waals surface area (Å²) in [6.07, 6.45) is -0.524. The van der Waals surface area contributed by atoms with E-state index in [-0.39, 0.29) is 31.1 Å². The Labute approximate surface area is 165 Å². The SMILES string of the molecule is COC(=O)CCC(=O)c1ccc(CN(C)C(=O)CNC(=O)OC(C)(C)C)cc1. The van der Waals surface area contributed by atoms with Gasteiger partial charge in [-0.2, -0.15) is 0 Å². The zero-order valence-corrected chi connectivity index (χ0v) is 17.0. The van der Waals surface area contributed by atoms with E-state index in [0.29, 0.717) is 12.1 Å². The Morgan fingerprint density at radius 3 is 2.18 bits per heavy atom.